The van der Waals surface area contributed by atoms with Gasteiger partial charge in [0.15, 0.2) is 0 Å². The normalized spacial score (nSPS) is 22.6. The van der Waals surface area contributed by atoms with E-state index in [9.17, 15) is 14.8 Å². The lowest BCUT2D eigenvalue weighted by atomic mass is 9.76. The number of benzene rings is 2. The second-order valence-electron chi connectivity index (χ2n) is 9.22. The van der Waals surface area contributed by atoms with Crippen molar-refractivity contribution in [2.75, 3.05) is 31.1 Å². The Kier molecular flexibility index (Phi) is 6.81. The number of piperazine rings is 1. The Hall–Kier alpha value is -3.65. The Morgan fingerprint density at radius 2 is 1.69 bits per heavy atom. The average Bonchev–Trinajstić information content (AvgIpc) is 2.93. The third-order valence-corrected chi connectivity index (χ3v) is 7.17. The number of pyridine rings is 1. The topological polar surface area (TPSA) is 95.0 Å². The molecule has 1 aliphatic heterocycles. The molecule has 1 aromatic heterocycles. The summed E-state index contributed by atoms with van der Waals surface area (Å²) in [5.41, 5.74) is 3.70. The van der Waals surface area contributed by atoms with E-state index in [1.54, 1.807) is 11.7 Å². The van der Waals surface area contributed by atoms with Crippen LogP contribution in [0, 0.1) is 11.8 Å². The summed E-state index contributed by atoms with van der Waals surface area (Å²) >= 11 is 0. The summed E-state index contributed by atoms with van der Waals surface area (Å²) in [4.78, 5) is 34.6. The number of carbonyl (C=O) groups is 2. The van der Waals surface area contributed by atoms with E-state index in [1.165, 1.54) is 0 Å². The minimum Gasteiger partial charge on any atom is -0.488 e. The maximum atomic E-state index is 13.5. The van der Waals surface area contributed by atoms with Crippen LogP contribution >= 0.6 is 0 Å². The molecule has 2 heterocycles. The molecule has 8 heteroatoms. The molecule has 5 rings (SSSR count). The van der Waals surface area contributed by atoms with E-state index in [4.69, 9.17) is 4.74 Å². The summed E-state index contributed by atoms with van der Waals surface area (Å²) in [5.74, 6) is -1.01. The number of aromatic nitrogens is 1. The van der Waals surface area contributed by atoms with Gasteiger partial charge in [-0.1, -0.05) is 36.4 Å². The summed E-state index contributed by atoms with van der Waals surface area (Å²) in [6.07, 6.45) is 3.02. The fourth-order valence-corrected chi connectivity index (χ4v) is 5.32. The van der Waals surface area contributed by atoms with Crippen molar-refractivity contribution in [2.45, 2.75) is 25.4 Å². The Balaban J connectivity index is 1.25. The first-order chi connectivity index (χ1) is 17.1. The number of hydroxylamine groups is 1. The molecule has 0 bridgehead atoms. The van der Waals surface area contributed by atoms with E-state index in [0.29, 0.717) is 38.1 Å². The van der Waals surface area contributed by atoms with Crippen molar-refractivity contribution in [1.29, 1.82) is 0 Å². The number of ether oxygens (including phenoxy) is 1. The van der Waals surface area contributed by atoms with Crippen LogP contribution < -0.4 is 15.1 Å². The van der Waals surface area contributed by atoms with Gasteiger partial charge in [0.05, 0.1) is 17.9 Å². The Morgan fingerprint density at radius 3 is 2.46 bits per heavy atom. The molecule has 2 N–H and O–H groups in total. The quantitative estimate of drug-likeness (QED) is 0.436. The SMILES string of the molecule is O=C(NO)C1CC(Oc2cccc3cccnc23)CCC1C(=O)N1CCN(c2ccccc2)CC1. The molecule has 2 fully saturated rings. The first-order valence-electron chi connectivity index (χ1n) is 12.2. The summed E-state index contributed by atoms with van der Waals surface area (Å²) in [6.45, 7) is 2.72. The third-order valence-electron chi connectivity index (χ3n) is 7.17. The molecule has 182 valence electrons. The number of amides is 2. The first-order valence-corrected chi connectivity index (χ1v) is 12.2. The predicted molar refractivity (Wildman–Crippen MR) is 132 cm³/mol. The number of nitrogens with zero attached hydrogens (tertiary/aromatic N) is 3. The molecule has 3 atom stereocenters. The molecule has 2 aliphatic rings. The van der Waals surface area contributed by atoms with Crippen LogP contribution in [-0.4, -0.2) is 59.2 Å². The lowest BCUT2D eigenvalue weighted by Gasteiger charge is -2.40. The zero-order valence-corrected chi connectivity index (χ0v) is 19.5. The van der Waals surface area contributed by atoms with E-state index in [1.807, 2.05) is 53.4 Å². The van der Waals surface area contributed by atoms with E-state index in [0.717, 1.165) is 29.7 Å². The largest absolute Gasteiger partial charge is 0.488 e. The molecule has 3 unspecified atom stereocenters. The molecule has 1 saturated heterocycles. The highest BCUT2D eigenvalue weighted by molar-refractivity contribution is 5.88. The Morgan fingerprint density at radius 1 is 0.914 bits per heavy atom. The van der Waals surface area contributed by atoms with Crippen LogP contribution in [0.15, 0.2) is 66.9 Å². The molecular weight excluding hydrogens is 444 g/mol. The summed E-state index contributed by atoms with van der Waals surface area (Å²) in [7, 11) is 0. The van der Waals surface area contributed by atoms with Gasteiger partial charge in [-0.25, -0.2) is 5.48 Å². The van der Waals surface area contributed by atoms with Gasteiger partial charge in [0.1, 0.15) is 11.3 Å². The molecule has 1 aliphatic carbocycles. The third kappa shape index (κ3) is 4.93. The molecule has 0 radical (unpaired) electrons. The fourth-order valence-electron chi connectivity index (χ4n) is 5.32. The van der Waals surface area contributed by atoms with E-state index >= 15 is 0 Å². The van der Waals surface area contributed by atoms with Gasteiger partial charge < -0.3 is 14.5 Å². The number of fused-ring (bicyclic) bond motifs is 1. The van der Waals surface area contributed by atoms with Gasteiger partial charge in [0, 0.05) is 43.4 Å². The molecular formula is C27H30N4O4. The lowest BCUT2D eigenvalue weighted by molar-refractivity contribution is -0.148. The summed E-state index contributed by atoms with van der Waals surface area (Å²) < 4.78 is 6.27. The number of hydrogen-bond donors (Lipinski definition) is 2. The maximum Gasteiger partial charge on any atom is 0.247 e. The molecule has 2 amide bonds. The number of hydrogen-bond acceptors (Lipinski definition) is 6. The van der Waals surface area contributed by atoms with Gasteiger partial charge >= 0.3 is 0 Å². The molecule has 3 aromatic rings. The van der Waals surface area contributed by atoms with Crippen molar-refractivity contribution in [1.82, 2.24) is 15.4 Å². The average molecular weight is 475 g/mol. The van der Waals surface area contributed by atoms with Crippen LogP contribution in [0.1, 0.15) is 19.3 Å². The second-order valence-corrected chi connectivity index (χ2v) is 9.22. The van der Waals surface area contributed by atoms with E-state index in [-0.39, 0.29) is 12.0 Å². The van der Waals surface area contributed by atoms with Gasteiger partial charge in [-0.15, -0.1) is 0 Å². The number of para-hydroxylation sites is 2. The van der Waals surface area contributed by atoms with Gasteiger partial charge in [0.25, 0.3) is 0 Å². The highest BCUT2D eigenvalue weighted by atomic mass is 16.5. The van der Waals surface area contributed by atoms with Crippen molar-refractivity contribution in [2.24, 2.45) is 11.8 Å². The van der Waals surface area contributed by atoms with Crippen LogP contribution in [0.4, 0.5) is 5.69 Å². The van der Waals surface area contributed by atoms with Crippen LogP contribution in [0.2, 0.25) is 0 Å². The molecule has 2 aromatic carbocycles. The summed E-state index contributed by atoms with van der Waals surface area (Å²) in [5, 5.41) is 10.4. The van der Waals surface area contributed by atoms with E-state index in [2.05, 4.69) is 22.0 Å². The number of nitrogens with one attached hydrogen (secondary N) is 1. The first kappa shape index (κ1) is 23.1. The van der Waals surface area contributed by atoms with Crippen LogP contribution in [0.3, 0.4) is 0 Å². The zero-order valence-electron chi connectivity index (χ0n) is 19.5. The van der Waals surface area contributed by atoms with Crippen molar-refractivity contribution in [3.05, 3.63) is 66.9 Å². The van der Waals surface area contributed by atoms with Crippen molar-refractivity contribution < 1.29 is 19.5 Å². The number of anilines is 1. The number of rotatable bonds is 5. The van der Waals surface area contributed by atoms with E-state index < -0.39 is 17.7 Å². The van der Waals surface area contributed by atoms with Crippen LogP contribution in [-0.2, 0) is 9.59 Å². The monoisotopic (exact) mass is 474 g/mol. The van der Waals surface area contributed by atoms with Gasteiger partial charge in [-0.05, 0) is 43.5 Å². The van der Waals surface area contributed by atoms with Gasteiger partial charge in [-0.2, -0.15) is 0 Å². The minimum atomic E-state index is -0.652. The highest BCUT2D eigenvalue weighted by Crippen LogP contribution is 2.36. The minimum absolute atomic E-state index is 0.0170. The van der Waals surface area contributed by atoms with Crippen molar-refractivity contribution in [3.63, 3.8) is 0 Å². The van der Waals surface area contributed by atoms with Crippen LogP contribution in [0.5, 0.6) is 5.75 Å². The Labute approximate surface area is 204 Å². The summed E-state index contributed by atoms with van der Waals surface area (Å²) in [6, 6.07) is 19.8. The standard InChI is InChI=1S/C27H30N4O4/c32-26(29-34)23-18-21(35-24-10-4-6-19-7-5-13-28-25(19)24)11-12-22(23)27(33)31-16-14-30(15-17-31)20-8-2-1-3-9-20/h1-10,13,21-23,34H,11-12,14-18H2,(H,29,32). The molecule has 35 heavy (non-hydrogen) atoms. The molecule has 8 nitrogen and oxygen atoms in total. The second kappa shape index (κ2) is 10.3. The zero-order chi connectivity index (χ0) is 24.2. The van der Waals surface area contributed by atoms with Gasteiger partial charge in [0.2, 0.25) is 11.8 Å². The fraction of sp³-hybridized carbons (Fsp3) is 0.370. The smallest absolute Gasteiger partial charge is 0.247 e. The lowest BCUT2D eigenvalue weighted by Crippen LogP contribution is -2.53. The molecule has 0 spiro atoms. The van der Waals surface area contributed by atoms with Crippen molar-refractivity contribution in [3.8, 4) is 5.75 Å². The van der Waals surface area contributed by atoms with Crippen molar-refractivity contribution >= 4 is 28.4 Å². The van der Waals surface area contributed by atoms with Gasteiger partial charge in [-0.3, -0.25) is 19.8 Å². The molecule has 1 saturated carbocycles. The highest BCUT2D eigenvalue weighted by Gasteiger charge is 2.42. The predicted octanol–water partition coefficient (Wildman–Crippen LogP) is 3.25. The number of carbonyl (C=O) groups excluding carboxylic acids is 2. The maximum absolute atomic E-state index is 13.5. The van der Waals surface area contributed by atoms with Crippen LogP contribution in [0.25, 0.3) is 10.9 Å². The Bertz CT molecular complexity index is 1170.